The topological polar surface area (TPSA) is 92.4 Å². The van der Waals surface area contributed by atoms with Crippen LogP contribution < -0.4 is 11.1 Å². The maximum Gasteiger partial charge on any atom is 0.410 e. The van der Waals surface area contributed by atoms with Crippen LogP contribution in [0.25, 0.3) is 0 Å². The summed E-state index contributed by atoms with van der Waals surface area (Å²) in [6, 6.07) is 10.7. The lowest BCUT2D eigenvalue weighted by molar-refractivity contribution is 0.0186. The first-order valence-corrected chi connectivity index (χ1v) is 11.6. The largest absolute Gasteiger partial charge is 0.444 e. The fraction of sp³-hybridized carbons (Fsp3) is 0.667. The SMILES string of the molecule is CC(NC1(CN=C(N)N2CCN(C(=O)OC(C)(C)C)CC2)CCOCC1)c1ccccc1. The second-order valence-electron chi connectivity index (χ2n) is 9.80. The molecule has 1 aromatic rings. The van der Waals surface area contributed by atoms with E-state index in [1.54, 1.807) is 4.90 Å². The minimum absolute atomic E-state index is 0.142. The van der Waals surface area contributed by atoms with Crippen LogP contribution in [-0.4, -0.2) is 78.9 Å². The van der Waals surface area contributed by atoms with Gasteiger partial charge in [0, 0.05) is 51.0 Å². The Morgan fingerprint density at radius 2 is 1.75 bits per heavy atom. The van der Waals surface area contributed by atoms with Gasteiger partial charge < -0.3 is 30.3 Å². The summed E-state index contributed by atoms with van der Waals surface area (Å²) in [5.74, 6) is 0.536. The second kappa shape index (κ2) is 10.5. The molecular weight excluding hydrogens is 406 g/mol. The van der Waals surface area contributed by atoms with E-state index in [-0.39, 0.29) is 17.7 Å². The standard InChI is InChI=1S/C24H39N5O3/c1-19(20-8-6-5-7-9-20)27-24(10-16-31-17-11-24)18-26-21(25)28-12-14-29(15-13-28)22(30)32-23(2,3)4/h5-9,19,27H,10-18H2,1-4H3,(H2,25,26). The molecule has 0 spiro atoms. The number of guanidine groups is 1. The summed E-state index contributed by atoms with van der Waals surface area (Å²) in [6.45, 7) is 12.3. The normalized spacial score (nSPS) is 20.7. The van der Waals surface area contributed by atoms with E-state index in [1.165, 1.54) is 5.56 Å². The molecule has 0 aliphatic carbocycles. The van der Waals surface area contributed by atoms with E-state index in [9.17, 15) is 4.79 Å². The number of rotatable bonds is 5. The number of nitrogens with one attached hydrogen (secondary N) is 1. The summed E-state index contributed by atoms with van der Waals surface area (Å²) in [7, 11) is 0. The molecular formula is C24H39N5O3. The lowest BCUT2D eigenvalue weighted by Crippen LogP contribution is -2.55. The summed E-state index contributed by atoms with van der Waals surface area (Å²) >= 11 is 0. The molecule has 0 aromatic heterocycles. The average molecular weight is 446 g/mol. The lowest BCUT2D eigenvalue weighted by Gasteiger charge is -2.40. The first kappa shape index (κ1) is 24.3. The highest BCUT2D eigenvalue weighted by atomic mass is 16.6. The van der Waals surface area contributed by atoms with E-state index in [2.05, 4.69) is 41.4 Å². The van der Waals surface area contributed by atoms with Crippen LogP contribution in [0.4, 0.5) is 4.79 Å². The molecule has 1 unspecified atom stereocenters. The third kappa shape index (κ3) is 6.84. The smallest absolute Gasteiger partial charge is 0.410 e. The van der Waals surface area contributed by atoms with Crippen molar-refractivity contribution in [3.05, 3.63) is 35.9 Å². The van der Waals surface area contributed by atoms with Gasteiger partial charge in [-0.2, -0.15) is 0 Å². The Labute approximate surface area is 192 Å². The molecule has 0 saturated carbocycles. The highest BCUT2D eigenvalue weighted by molar-refractivity contribution is 5.78. The van der Waals surface area contributed by atoms with Crippen molar-refractivity contribution in [1.29, 1.82) is 0 Å². The van der Waals surface area contributed by atoms with Crippen LogP contribution in [0.15, 0.2) is 35.3 Å². The Kier molecular flexibility index (Phi) is 8.00. The molecule has 1 atom stereocenters. The lowest BCUT2D eigenvalue weighted by atomic mass is 9.88. The number of nitrogens with zero attached hydrogens (tertiary/aromatic N) is 3. The molecule has 0 radical (unpaired) electrons. The molecule has 8 heteroatoms. The van der Waals surface area contributed by atoms with Crippen molar-refractivity contribution in [1.82, 2.24) is 15.1 Å². The number of nitrogens with two attached hydrogens (primary N) is 1. The molecule has 0 bridgehead atoms. The van der Waals surface area contributed by atoms with Crippen LogP contribution in [0.3, 0.4) is 0 Å². The summed E-state index contributed by atoms with van der Waals surface area (Å²) < 4.78 is 11.1. The van der Waals surface area contributed by atoms with Crippen LogP contribution >= 0.6 is 0 Å². The zero-order valence-corrected chi connectivity index (χ0v) is 20.0. The molecule has 1 aromatic carbocycles. The summed E-state index contributed by atoms with van der Waals surface area (Å²) in [5.41, 5.74) is 7.00. The van der Waals surface area contributed by atoms with E-state index < -0.39 is 5.60 Å². The Morgan fingerprint density at radius 1 is 1.16 bits per heavy atom. The van der Waals surface area contributed by atoms with Gasteiger partial charge in [-0.05, 0) is 46.1 Å². The van der Waals surface area contributed by atoms with Crippen molar-refractivity contribution in [2.45, 2.75) is 57.7 Å². The number of piperazine rings is 1. The molecule has 178 valence electrons. The Hall–Kier alpha value is -2.32. The summed E-state index contributed by atoms with van der Waals surface area (Å²) in [6.07, 6.45) is 1.52. The molecule has 2 fully saturated rings. The Morgan fingerprint density at radius 3 is 2.34 bits per heavy atom. The molecule has 3 N–H and O–H groups in total. The van der Waals surface area contributed by atoms with E-state index in [4.69, 9.17) is 20.2 Å². The molecule has 32 heavy (non-hydrogen) atoms. The van der Waals surface area contributed by atoms with Crippen molar-refractivity contribution in [3.63, 3.8) is 0 Å². The van der Waals surface area contributed by atoms with Gasteiger partial charge in [0.2, 0.25) is 0 Å². The molecule has 2 aliphatic heterocycles. The van der Waals surface area contributed by atoms with Gasteiger partial charge in [0.15, 0.2) is 5.96 Å². The van der Waals surface area contributed by atoms with Gasteiger partial charge >= 0.3 is 6.09 Å². The van der Waals surface area contributed by atoms with Crippen molar-refractivity contribution in [3.8, 4) is 0 Å². The number of amides is 1. The molecule has 2 aliphatic rings. The van der Waals surface area contributed by atoms with Crippen LogP contribution in [0.1, 0.15) is 52.1 Å². The van der Waals surface area contributed by atoms with Gasteiger partial charge in [-0.3, -0.25) is 4.99 Å². The summed E-state index contributed by atoms with van der Waals surface area (Å²) in [4.78, 5) is 20.9. The highest BCUT2D eigenvalue weighted by Crippen LogP contribution is 2.26. The van der Waals surface area contributed by atoms with E-state index in [1.807, 2.05) is 26.8 Å². The maximum atomic E-state index is 12.3. The first-order valence-electron chi connectivity index (χ1n) is 11.6. The number of carbonyl (C=O) groups is 1. The van der Waals surface area contributed by atoms with Gasteiger partial charge in [0.25, 0.3) is 0 Å². The van der Waals surface area contributed by atoms with Gasteiger partial charge in [-0.15, -0.1) is 0 Å². The molecule has 8 nitrogen and oxygen atoms in total. The van der Waals surface area contributed by atoms with Gasteiger partial charge in [-0.1, -0.05) is 30.3 Å². The van der Waals surface area contributed by atoms with Gasteiger partial charge in [-0.25, -0.2) is 4.79 Å². The third-order valence-corrected chi connectivity index (χ3v) is 6.07. The monoisotopic (exact) mass is 445 g/mol. The number of benzene rings is 1. The quantitative estimate of drug-likeness (QED) is 0.535. The van der Waals surface area contributed by atoms with Crippen LogP contribution in [0.5, 0.6) is 0 Å². The minimum Gasteiger partial charge on any atom is -0.444 e. The van der Waals surface area contributed by atoms with Crippen LogP contribution in [0.2, 0.25) is 0 Å². The van der Waals surface area contributed by atoms with Crippen molar-refractivity contribution in [2.75, 3.05) is 45.9 Å². The van der Waals surface area contributed by atoms with E-state index >= 15 is 0 Å². The summed E-state index contributed by atoms with van der Waals surface area (Å²) in [5, 5.41) is 3.82. The molecule has 3 rings (SSSR count). The third-order valence-electron chi connectivity index (χ3n) is 6.07. The molecule has 2 saturated heterocycles. The van der Waals surface area contributed by atoms with E-state index in [0.717, 1.165) is 26.1 Å². The number of aliphatic imine (C=N–C) groups is 1. The molecule has 2 heterocycles. The molecule has 1 amide bonds. The van der Waals surface area contributed by atoms with Crippen molar-refractivity contribution in [2.24, 2.45) is 10.7 Å². The number of hydrogen-bond donors (Lipinski definition) is 2. The second-order valence-corrected chi connectivity index (χ2v) is 9.80. The minimum atomic E-state index is -0.489. The number of ether oxygens (including phenoxy) is 2. The Bertz CT molecular complexity index is 764. The average Bonchev–Trinajstić information content (AvgIpc) is 2.78. The van der Waals surface area contributed by atoms with Crippen molar-refractivity contribution >= 4 is 12.1 Å². The Balaban J connectivity index is 1.58. The fourth-order valence-electron chi connectivity index (χ4n) is 4.17. The fourth-order valence-corrected chi connectivity index (χ4v) is 4.17. The number of carbonyl (C=O) groups excluding carboxylic acids is 1. The van der Waals surface area contributed by atoms with Crippen molar-refractivity contribution < 1.29 is 14.3 Å². The highest BCUT2D eigenvalue weighted by Gasteiger charge is 2.34. The predicted octanol–water partition coefficient (Wildman–Crippen LogP) is 2.75. The first-order chi connectivity index (χ1) is 15.2. The van der Waals surface area contributed by atoms with E-state index in [0.29, 0.717) is 38.7 Å². The van der Waals surface area contributed by atoms with Crippen LogP contribution in [-0.2, 0) is 9.47 Å². The van der Waals surface area contributed by atoms with Gasteiger partial charge in [0.05, 0.1) is 6.54 Å². The van der Waals surface area contributed by atoms with Crippen LogP contribution in [0, 0.1) is 0 Å². The predicted molar refractivity (Wildman–Crippen MR) is 127 cm³/mol. The van der Waals surface area contributed by atoms with Gasteiger partial charge in [0.1, 0.15) is 5.60 Å². The maximum absolute atomic E-state index is 12.3. The number of hydrogen-bond acceptors (Lipinski definition) is 5. The zero-order chi connectivity index (χ0) is 23.2. The zero-order valence-electron chi connectivity index (χ0n) is 20.0.